The quantitative estimate of drug-likeness (QED) is 0.862. The Bertz CT molecular complexity index is 536. The van der Waals surface area contributed by atoms with Gasteiger partial charge in [-0.25, -0.2) is 9.37 Å². The van der Waals surface area contributed by atoms with Gasteiger partial charge in [0, 0.05) is 30.8 Å². The van der Waals surface area contributed by atoms with Gasteiger partial charge in [0.05, 0.1) is 5.69 Å². The van der Waals surface area contributed by atoms with E-state index in [-0.39, 0.29) is 24.3 Å². The summed E-state index contributed by atoms with van der Waals surface area (Å²) in [4.78, 5) is 4.56. The summed E-state index contributed by atoms with van der Waals surface area (Å²) in [6.45, 7) is 0.921. The zero-order valence-corrected chi connectivity index (χ0v) is 10.7. The molecule has 18 heavy (non-hydrogen) atoms. The Hall–Kier alpha value is -1.39. The molecule has 0 amide bonds. The van der Waals surface area contributed by atoms with Crippen molar-refractivity contribution in [1.82, 2.24) is 9.55 Å². The van der Waals surface area contributed by atoms with Gasteiger partial charge in [0.1, 0.15) is 11.6 Å². The Kier molecular flexibility index (Phi) is 3.68. The van der Waals surface area contributed by atoms with Crippen LogP contribution in [0.5, 0.6) is 0 Å². The number of nitrogens with zero attached hydrogens (tertiary/aromatic N) is 2. The van der Waals surface area contributed by atoms with E-state index in [9.17, 15) is 4.39 Å². The van der Waals surface area contributed by atoms with E-state index in [1.807, 2.05) is 6.20 Å². The number of hydrogen-bond donors (Lipinski definition) is 1. The molecular formula is C13H15ClFN3. The van der Waals surface area contributed by atoms with E-state index in [4.69, 9.17) is 5.73 Å². The number of nitrogens with two attached hydrogens (primary N) is 1. The Balaban J connectivity index is 0.00000120. The molecule has 1 aliphatic heterocycles. The molecule has 1 aliphatic rings. The number of halogens is 2. The first-order valence-corrected chi connectivity index (χ1v) is 5.80. The second-order valence-corrected chi connectivity index (χ2v) is 4.50. The molecule has 0 radical (unpaired) electrons. The van der Waals surface area contributed by atoms with Crippen molar-refractivity contribution in [3.63, 3.8) is 0 Å². The third-order valence-electron chi connectivity index (χ3n) is 3.18. The third kappa shape index (κ3) is 2.40. The first-order chi connectivity index (χ1) is 8.22. The first kappa shape index (κ1) is 13.1. The Morgan fingerprint density at radius 2 is 2.00 bits per heavy atom. The molecule has 2 N–H and O–H groups in total. The van der Waals surface area contributed by atoms with Gasteiger partial charge in [0.2, 0.25) is 0 Å². The maximum Gasteiger partial charge on any atom is 0.123 e. The second-order valence-electron chi connectivity index (χ2n) is 4.50. The molecule has 0 bridgehead atoms. The first-order valence-electron chi connectivity index (χ1n) is 5.80. The maximum absolute atomic E-state index is 12.8. The highest BCUT2D eigenvalue weighted by Gasteiger charge is 2.18. The summed E-state index contributed by atoms with van der Waals surface area (Å²) in [6.07, 6.45) is 3.84. The monoisotopic (exact) mass is 267 g/mol. The molecule has 1 unspecified atom stereocenters. The molecule has 0 aliphatic carbocycles. The van der Waals surface area contributed by atoms with Crippen LogP contribution in [0.4, 0.5) is 4.39 Å². The molecule has 1 aromatic carbocycles. The molecular weight excluding hydrogens is 253 g/mol. The molecule has 5 heteroatoms. The van der Waals surface area contributed by atoms with Crippen molar-refractivity contribution in [1.29, 1.82) is 0 Å². The summed E-state index contributed by atoms with van der Waals surface area (Å²) in [6, 6.07) is 6.64. The van der Waals surface area contributed by atoms with Gasteiger partial charge in [-0.2, -0.15) is 0 Å². The van der Waals surface area contributed by atoms with Crippen molar-refractivity contribution in [2.24, 2.45) is 5.73 Å². The van der Waals surface area contributed by atoms with E-state index < -0.39 is 0 Å². The molecule has 0 saturated carbocycles. The van der Waals surface area contributed by atoms with Gasteiger partial charge in [-0.3, -0.25) is 0 Å². The molecule has 1 aromatic heterocycles. The van der Waals surface area contributed by atoms with Crippen molar-refractivity contribution in [3.8, 4) is 11.3 Å². The highest BCUT2D eigenvalue weighted by molar-refractivity contribution is 5.85. The highest BCUT2D eigenvalue weighted by Crippen LogP contribution is 2.22. The van der Waals surface area contributed by atoms with E-state index >= 15 is 0 Å². The van der Waals surface area contributed by atoms with Gasteiger partial charge in [0.25, 0.3) is 0 Å². The third-order valence-corrected chi connectivity index (χ3v) is 3.18. The molecule has 0 saturated heterocycles. The molecule has 3 nitrogen and oxygen atoms in total. The minimum absolute atomic E-state index is 0. The van der Waals surface area contributed by atoms with Crippen molar-refractivity contribution >= 4 is 12.4 Å². The molecule has 96 valence electrons. The van der Waals surface area contributed by atoms with Gasteiger partial charge in [-0.05, 0) is 30.7 Å². The van der Waals surface area contributed by atoms with E-state index in [1.54, 1.807) is 12.1 Å². The van der Waals surface area contributed by atoms with Crippen LogP contribution >= 0.6 is 12.4 Å². The van der Waals surface area contributed by atoms with Crippen LogP contribution in [0.25, 0.3) is 11.3 Å². The lowest BCUT2D eigenvalue weighted by Crippen LogP contribution is -2.30. The van der Waals surface area contributed by atoms with Crippen LogP contribution in [0, 0.1) is 5.82 Å². The SMILES string of the molecule is Cl.NC1CCn2cc(-c3ccc(F)cc3)nc2C1. The molecule has 2 heterocycles. The maximum atomic E-state index is 12.8. The van der Waals surface area contributed by atoms with E-state index in [0.717, 1.165) is 36.5 Å². The number of benzene rings is 1. The van der Waals surface area contributed by atoms with Crippen LogP contribution < -0.4 is 5.73 Å². The fraction of sp³-hybridized carbons (Fsp3) is 0.308. The minimum Gasteiger partial charge on any atom is -0.334 e. The average Bonchev–Trinajstić information content (AvgIpc) is 2.72. The number of aryl methyl sites for hydroxylation is 1. The van der Waals surface area contributed by atoms with Crippen molar-refractivity contribution in [3.05, 3.63) is 42.1 Å². The number of hydrogen-bond acceptors (Lipinski definition) is 2. The van der Waals surface area contributed by atoms with Gasteiger partial charge in [-0.15, -0.1) is 12.4 Å². The topological polar surface area (TPSA) is 43.8 Å². The van der Waals surface area contributed by atoms with Gasteiger partial charge < -0.3 is 10.3 Å². The predicted octanol–water partition coefficient (Wildman–Crippen LogP) is 2.38. The zero-order valence-electron chi connectivity index (χ0n) is 9.84. The second kappa shape index (κ2) is 5.08. The summed E-state index contributed by atoms with van der Waals surface area (Å²) in [7, 11) is 0. The largest absolute Gasteiger partial charge is 0.334 e. The number of rotatable bonds is 1. The van der Waals surface area contributed by atoms with E-state index in [1.165, 1.54) is 12.1 Å². The number of imidazole rings is 1. The van der Waals surface area contributed by atoms with Crippen LogP contribution in [0.15, 0.2) is 30.5 Å². The Labute approximate surface area is 111 Å². The lowest BCUT2D eigenvalue weighted by Gasteiger charge is -2.18. The summed E-state index contributed by atoms with van der Waals surface area (Å²) < 4.78 is 15.0. The van der Waals surface area contributed by atoms with Crippen LogP contribution in [0.2, 0.25) is 0 Å². The van der Waals surface area contributed by atoms with Gasteiger partial charge >= 0.3 is 0 Å². The van der Waals surface area contributed by atoms with Gasteiger partial charge in [-0.1, -0.05) is 0 Å². The molecule has 2 aromatic rings. The van der Waals surface area contributed by atoms with Crippen LogP contribution in [-0.2, 0) is 13.0 Å². The fourth-order valence-electron chi connectivity index (χ4n) is 2.21. The Morgan fingerprint density at radius 3 is 2.72 bits per heavy atom. The van der Waals surface area contributed by atoms with E-state index in [2.05, 4.69) is 9.55 Å². The summed E-state index contributed by atoms with van der Waals surface area (Å²) in [5, 5.41) is 0. The Morgan fingerprint density at radius 1 is 1.28 bits per heavy atom. The normalized spacial score (nSPS) is 18.0. The minimum atomic E-state index is -0.222. The number of fused-ring (bicyclic) bond motifs is 1. The predicted molar refractivity (Wildman–Crippen MR) is 71.2 cm³/mol. The summed E-state index contributed by atoms with van der Waals surface area (Å²) >= 11 is 0. The van der Waals surface area contributed by atoms with Crippen LogP contribution in [0.3, 0.4) is 0 Å². The fourth-order valence-corrected chi connectivity index (χ4v) is 2.21. The van der Waals surface area contributed by atoms with Gasteiger partial charge in [0.15, 0.2) is 0 Å². The van der Waals surface area contributed by atoms with E-state index in [0.29, 0.717) is 0 Å². The van der Waals surface area contributed by atoms with Crippen molar-refractivity contribution in [2.45, 2.75) is 25.4 Å². The van der Waals surface area contributed by atoms with Crippen molar-refractivity contribution < 1.29 is 4.39 Å². The molecule has 0 spiro atoms. The highest BCUT2D eigenvalue weighted by atomic mass is 35.5. The summed E-state index contributed by atoms with van der Waals surface area (Å²) in [5.74, 6) is 0.808. The van der Waals surface area contributed by atoms with Crippen molar-refractivity contribution in [2.75, 3.05) is 0 Å². The smallest absolute Gasteiger partial charge is 0.123 e. The summed E-state index contributed by atoms with van der Waals surface area (Å²) in [5.41, 5.74) is 7.76. The average molecular weight is 268 g/mol. The molecule has 0 fully saturated rings. The van der Waals surface area contributed by atoms with Crippen LogP contribution in [0.1, 0.15) is 12.2 Å². The standard InChI is InChI=1S/C13H14FN3.ClH/c14-10-3-1-9(2-4-10)12-8-17-6-5-11(15)7-13(17)16-12;/h1-4,8,11H,5-7,15H2;1H. The zero-order chi connectivity index (χ0) is 11.8. The lowest BCUT2D eigenvalue weighted by atomic mass is 10.1. The number of aromatic nitrogens is 2. The molecule has 1 atom stereocenters. The lowest BCUT2D eigenvalue weighted by molar-refractivity contribution is 0.463. The van der Waals surface area contributed by atoms with Crippen LogP contribution in [-0.4, -0.2) is 15.6 Å². The molecule has 3 rings (SSSR count).